The summed E-state index contributed by atoms with van der Waals surface area (Å²) in [5, 5.41) is 0. The first kappa shape index (κ1) is 12.3. The summed E-state index contributed by atoms with van der Waals surface area (Å²) < 4.78 is 51.3. The molecule has 17 heavy (non-hydrogen) atoms. The molecule has 0 unspecified atom stereocenters. The van der Waals surface area contributed by atoms with Gasteiger partial charge in [0, 0.05) is 5.41 Å². The highest BCUT2D eigenvalue weighted by atomic mass is 19.4. The fraction of sp³-hybridized carbons (Fsp3) is 0.455. The molecule has 0 radical (unpaired) electrons. The summed E-state index contributed by atoms with van der Waals surface area (Å²) in [6, 6.07) is 2.72. The van der Waals surface area contributed by atoms with Crippen molar-refractivity contribution in [2.45, 2.75) is 24.4 Å². The van der Waals surface area contributed by atoms with Gasteiger partial charge in [0.2, 0.25) is 0 Å². The van der Waals surface area contributed by atoms with E-state index < -0.39 is 23.0 Å². The molecule has 0 saturated heterocycles. The Hall–Kier alpha value is -1.14. The minimum absolute atomic E-state index is 0.0156. The van der Waals surface area contributed by atoms with Crippen LogP contribution in [0.1, 0.15) is 24.0 Å². The van der Waals surface area contributed by atoms with Crippen LogP contribution in [-0.2, 0) is 16.4 Å². The minimum Gasteiger partial charge on any atom is -0.304 e. The molecule has 94 valence electrons. The van der Waals surface area contributed by atoms with Gasteiger partial charge in [-0.3, -0.25) is 0 Å². The zero-order valence-electron chi connectivity index (χ0n) is 8.85. The predicted octanol–water partition coefficient (Wildman–Crippen LogP) is 2.77. The lowest BCUT2D eigenvalue weighted by molar-refractivity contribution is -0.138. The van der Waals surface area contributed by atoms with Gasteiger partial charge in [0.05, 0.1) is 12.2 Å². The highest BCUT2D eigenvalue weighted by Gasteiger charge is 2.49. The standard InChI is InChI=1S/C11H11F4NO/c12-7-1-2-8(9(5-7)11(13,14)15)10(3-4-10)6-17-16/h1-2,5H,3-4,6,16H2. The number of alkyl halides is 3. The van der Waals surface area contributed by atoms with Gasteiger partial charge in [0.1, 0.15) is 5.82 Å². The van der Waals surface area contributed by atoms with E-state index in [-0.39, 0.29) is 12.2 Å². The number of nitrogens with two attached hydrogens (primary N) is 1. The van der Waals surface area contributed by atoms with Crippen molar-refractivity contribution in [2.24, 2.45) is 5.90 Å². The average molecular weight is 249 g/mol. The monoisotopic (exact) mass is 249 g/mol. The molecule has 1 fully saturated rings. The maximum atomic E-state index is 12.9. The largest absolute Gasteiger partial charge is 0.416 e. The van der Waals surface area contributed by atoms with Crippen LogP contribution >= 0.6 is 0 Å². The molecule has 1 aromatic carbocycles. The Bertz CT molecular complexity index is 426. The number of halogens is 4. The van der Waals surface area contributed by atoms with Crippen LogP contribution in [0.25, 0.3) is 0 Å². The molecule has 0 bridgehead atoms. The lowest BCUT2D eigenvalue weighted by atomic mass is 9.91. The van der Waals surface area contributed by atoms with Gasteiger partial charge in [-0.15, -0.1) is 0 Å². The summed E-state index contributed by atoms with van der Waals surface area (Å²) in [6.07, 6.45) is -3.43. The molecular formula is C11H11F4NO. The Balaban J connectivity index is 2.47. The highest BCUT2D eigenvalue weighted by molar-refractivity contribution is 5.40. The van der Waals surface area contributed by atoms with E-state index in [4.69, 9.17) is 5.90 Å². The van der Waals surface area contributed by atoms with Crippen LogP contribution in [0.4, 0.5) is 17.6 Å². The number of hydrogen-bond donors (Lipinski definition) is 1. The summed E-state index contributed by atoms with van der Waals surface area (Å²) in [5.74, 6) is 4.03. The van der Waals surface area contributed by atoms with E-state index in [9.17, 15) is 17.6 Å². The Labute approximate surface area is 95.3 Å². The lowest BCUT2D eigenvalue weighted by Crippen LogP contribution is -2.22. The van der Waals surface area contributed by atoms with Crippen molar-refractivity contribution < 1.29 is 22.4 Å². The lowest BCUT2D eigenvalue weighted by Gasteiger charge is -2.20. The molecule has 2 rings (SSSR count). The second-order valence-corrected chi connectivity index (χ2v) is 4.28. The van der Waals surface area contributed by atoms with Crippen LogP contribution in [-0.4, -0.2) is 6.61 Å². The van der Waals surface area contributed by atoms with Gasteiger partial charge in [-0.1, -0.05) is 6.07 Å². The maximum Gasteiger partial charge on any atom is 0.416 e. The summed E-state index contributed by atoms with van der Waals surface area (Å²) >= 11 is 0. The van der Waals surface area contributed by atoms with Crippen molar-refractivity contribution in [3.63, 3.8) is 0 Å². The zero-order chi connectivity index (χ0) is 12.7. The highest BCUT2D eigenvalue weighted by Crippen LogP contribution is 2.51. The van der Waals surface area contributed by atoms with Crippen LogP contribution in [0.2, 0.25) is 0 Å². The van der Waals surface area contributed by atoms with Gasteiger partial charge in [-0.2, -0.15) is 13.2 Å². The molecule has 0 atom stereocenters. The molecule has 1 aliphatic rings. The van der Waals surface area contributed by atoms with Gasteiger partial charge in [-0.25, -0.2) is 10.3 Å². The zero-order valence-corrected chi connectivity index (χ0v) is 8.85. The summed E-state index contributed by atoms with van der Waals surface area (Å²) in [5.41, 5.74) is -1.57. The van der Waals surface area contributed by atoms with Crippen LogP contribution in [0.5, 0.6) is 0 Å². The molecule has 0 spiro atoms. The van der Waals surface area contributed by atoms with Crippen LogP contribution in [0.15, 0.2) is 18.2 Å². The maximum absolute atomic E-state index is 12.9. The molecule has 2 nitrogen and oxygen atoms in total. The summed E-state index contributed by atoms with van der Waals surface area (Å²) in [6.45, 7) is 0.0156. The molecule has 1 saturated carbocycles. The van der Waals surface area contributed by atoms with Gasteiger partial charge in [-0.05, 0) is 30.5 Å². The molecule has 0 heterocycles. The van der Waals surface area contributed by atoms with Crippen molar-refractivity contribution >= 4 is 0 Å². The van der Waals surface area contributed by atoms with E-state index in [1.54, 1.807) is 0 Å². The number of benzene rings is 1. The Morgan fingerprint density at radius 1 is 1.29 bits per heavy atom. The molecule has 1 aromatic rings. The van der Waals surface area contributed by atoms with E-state index in [1.165, 1.54) is 6.07 Å². The molecule has 6 heteroatoms. The average Bonchev–Trinajstić information content (AvgIpc) is 2.98. The molecule has 0 amide bonds. The fourth-order valence-corrected chi connectivity index (χ4v) is 2.02. The van der Waals surface area contributed by atoms with Crippen molar-refractivity contribution in [2.75, 3.05) is 6.61 Å². The van der Waals surface area contributed by atoms with E-state index in [0.717, 1.165) is 6.07 Å². The van der Waals surface area contributed by atoms with Crippen molar-refractivity contribution in [1.29, 1.82) is 0 Å². The number of hydrogen-bond acceptors (Lipinski definition) is 2. The first-order chi connectivity index (χ1) is 7.89. The summed E-state index contributed by atoms with van der Waals surface area (Å²) in [4.78, 5) is 4.46. The third-order valence-electron chi connectivity index (χ3n) is 3.07. The second kappa shape index (κ2) is 3.96. The molecule has 0 aliphatic heterocycles. The van der Waals surface area contributed by atoms with Crippen molar-refractivity contribution in [1.82, 2.24) is 0 Å². The first-order valence-corrected chi connectivity index (χ1v) is 5.08. The quantitative estimate of drug-likeness (QED) is 0.660. The van der Waals surface area contributed by atoms with E-state index in [1.807, 2.05) is 0 Å². The van der Waals surface area contributed by atoms with Crippen molar-refractivity contribution in [3.8, 4) is 0 Å². The number of rotatable bonds is 3. The van der Waals surface area contributed by atoms with Crippen molar-refractivity contribution in [3.05, 3.63) is 35.1 Å². The molecular weight excluding hydrogens is 238 g/mol. The second-order valence-electron chi connectivity index (χ2n) is 4.28. The van der Waals surface area contributed by atoms with Gasteiger partial charge in [0.25, 0.3) is 0 Å². The predicted molar refractivity (Wildman–Crippen MR) is 52.5 cm³/mol. The van der Waals surface area contributed by atoms with Gasteiger partial charge in [0.15, 0.2) is 0 Å². The topological polar surface area (TPSA) is 35.2 Å². The molecule has 1 aliphatic carbocycles. The minimum atomic E-state index is -4.57. The Morgan fingerprint density at radius 3 is 2.41 bits per heavy atom. The first-order valence-electron chi connectivity index (χ1n) is 5.08. The van der Waals surface area contributed by atoms with Gasteiger partial charge < -0.3 is 4.84 Å². The van der Waals surface area contributed by atoms with Crippen LogP contribution in [0.3, 0.4) is 0 Å². The smallest absolute Gasteiger partial charge is 0.304 e. The van der Waals surface area contributed by atoms with Crippen LogP contribution < -0.4 is 5.90 Å². The normalized spacial score (nSPS) is 18.2. The Morgan fingerprint density at radius 2 is 1.94 bits per heavy atom. The SMILES string of the molecule is NOCC1(c2ccc(F)cc2C(F)(F)F)CC1. The van der Waals surface area contributed by atoms with E-state index in [2.05, 4.69) is 4.84 Å². The molecule has 2 N–H and O–H groups in total. The van der Waals surface area contributed by atoms with Gasteiger partial charge >= 0.3 is 6.18 Å². The third kappa shape index (κ3) is 2.28. The fourth-order valence-electron chi connectivity index (χ4n) is 2.02. The van der Waals surface area contributed by atoms with Crippen LogP contribution in [0, 0.1) is 5.82 Å². The Kier molecular flexibility index (Phi) is 2.87. The summed E-state index contributed by atoms with van der Waals surface area (Å²) in [7, 11) is 0. The van der Waals surface area contributed by atoms with E-state index in [0.29, 0.717) is 18.9 Å². The molecule has 0 aromatic heterocycles. The third-order valence-corrected chi connectivity index (χ3v) is 3.07. The van der Waals surface area contributed by atoms with E-state index >= 15 is 0 Å².